The highest BCUT2D eigenvalue weighted by atomic mass is 16.5. The zero-order valence-corrected chi connectivity index (χ0v) is 16.8. The summed E-state index contributed by atoms with van der Waals surface area (Å²) in [6.45, 7) is 7.38. The van der Waals surface area contributed by atoms with Crippen LogP contribution in [0.1, 0.15) is 32.6 Å². The lowest BCUT2D eigenvalue weighted by Crippen LogP contribution is -2.54. The van der Waals surface area contributed by atoms with Gasteiger partial charge >= 0.3 is 0 Å². The van der Waals surface area contributed by atoms with Gasteiger partial charge in [-0.15, -0.1) is 0 Å². The molecule has 1 aromatic carbocycles. The Morgan fingerprint density at radius 1 is 1.11 bits per heavy atom. The molecular formula is C21H32N2O4. The highest BCUT2D eigenvalue weighted by Gasteiger charge is 2.41. The number of ether oxygens (including phenoxy) is 3. The Bertz CT molecular complexity index is 629. The van der Waals surface area contributed by atoms with Crippen molar-refractivity contribution >= 4 is 5.91 Å². The van der Waals surface area contributed by atoms with Crippen LogP contribution in [0.25, 0.3) is 0 Å². The van der Waals surface area contributed by atoms with Crippen LogP contribution < -0.4 is 14.2 Å². The summed E-state index contributed by atoms with van der Waals surface area (Å²) < 4.78 is 16.8. The smallest absolute Gasteiger partial charge is 0.222 e. The van der Waals surface area contributed by atoms with Gasteiger partial charge in [0.2, 0.25) is 11.7 Å². The number of hydrogen-bond donors (Lipinski definition) is 0. The number of piperidine rings is 2. The zero-order valence-electron chi connectivity index (χ0n) is 16.8. The first kappa shape index (κ1) is 19.8. The molecule has 0 saturated carbocycles. The Hall–Kier alpha value is -1.95. The topological polar surface area (TPSA) is 51.2 Å². The Labute approximate surface area is 162 Å². The lowest BCUT2D eigenvalue weighted by atomic mass is 9.73. The second-order valence-corrected chi connectivity index (χ2v) is 7.63. The third-order valence-electron chi connectivity index (χ3n) is 5.91. The number of nitrogens with zero attached hydrogens (tertiary/aromatic N) is 2. The molecule has 1 atom stereocenters. The summed E-state index contributed by atoms with van der Waals surface area (Å²) >= 11 is 0. The summed E-state index contributed by atoms with van der Waals surface area (Å²) in [6, 6.07) is 5.65. The minimum Gasteiger partial charge on any atom is -0.493 e. The average Bonchev–Trinajstić information content (AvgIpc) is 2.70. The fraction of sp³-hybridized carbons (Fsp3) is 0.667. The van der Waals surface area contributed by atoms with Gasteiger partial charge in [-0.2, -0.15) is 0 Å². The summed E-state index contributed by atoms with van der Waals surface area (Å²) in [7, 11) is 3.28. The average molecular weight is 376 g/mol. The van der Waals surface area contributed by atoms with Crippen molar-refractivity contribution in [1.29, 1.82) is 0 Å². The summed E-state index contributed by atoms with van der Waals surface area (Å²) in [5.74, 6) is 2.35. The minimum atomic E-state index is 0.254. The number of benzene rings is 1. The van der Waals surface area contributed by atoms with Gasteiger partial charge in [0.25, 0.3) is 0 Å². The van der Waals surface area contributed by atoms with E-state index in [-0.39, 0.29) is 5.41 Å². The number of rotatable bonds is 7. The van der Waals surface area contributed by atoms with Crippen molar-refractivity contribution in [1.82, 2.24) is 9.80 Å². The lowest BCUT2D eigenvalue weighted by Gasteiger charge is -2.48. The Balaban J connectivity index is 1.57. The van der Waals surface area contributed by atoms with Crippen LogP contribution in [0.15, 0.2) is 18.2 Å². The monoisotopic (exact) mass is 376 g/mol. The molecular weight excluding hydrogens is 344 g/mol. The van der Waals surface area contributed by atoms with E-state index in [0.29, 0.717) is 36.2 Å². The molecule has 0 radical (unpaired) electrons. The maximum atomic E-state index is 12.1. The second kappa shape index (κ2) is 8.83. The van der Waals surface area contributed by atoms with Crippen LogP contribution in [0.3, 0.4) is 0 Å². The van der Waals surface area contributed by atoms with E-state index in [1.807, 2.05) is 23.1 Å². The number of carbonyl (C=O) groups is 1. The zero-order chi connectivity index (χ0) is 19.3. The molecule has 0 bridgehead atoms. The van der Waals surface area contributed by atoms with Gasteiger partial charge in [-0.25, -0.2) is 0 Å². The van der Waals surface area contributed by atoms with Crippen molar-refractivity contribution in [2.45, 2.75) is 32.6 Å². The lowest BCUT2D eigenvalue weighted by molar-refractivity contribution is -0.139. The molecule has 1 amide bonds. The number of hydrogen-bond acceptors (Lipinski definition) is 5. The SMILES string of the molecule is CCN1C[C@]2(CCCN(CCOc3c(OC)cccc3OC)C2)CCC1=O. The van der Waals surface area contributed by atoms with Crippen molar-refractivity contribution in [2.75, 3.05) is 53.6 Å². The number of carbonyl (C=O) groups excluding carboxylic acids is 1. The van der Waals surface area contributed by atoms with Crippen LogP contribution in [0.5, 0.6) is 17.2 Å². The van der Waals surface area contributed by atoms with E-state index < -0.39 is 0 Å². The molecule has 6 heteroatoms. The third-order valence-corrected chi connectivity index (χ3v) is 5.91. The van der Waals surface area contributed by atoms with Gasteiger partial charge < -0.3 is 19.1 Å². The minimum absolute atomic E-state index is 0.254. The first-order chi connectivity index (χ1) is 13.1. The van der Waals surface area contributed by atoms with E-state index in [4.69, 9.17) is 14.2 Å². The molecule has 6 nitrogen and oxygen atoms in total. The van der Waals surface area contributed by atoms with E-state index in [1.54, 1.807) is 14.2 Å². The molecule has 27 heavy (non-hydrogen) atoms. The van der Waals surface area contributed by atoms with E-state index in [2.05, 4.69) is 11.8 Å². The van der Waals surface area contributed by atoms with E-state index in [9.17, 15) is 4.79 Å². The first-order valence-electron chi connectivity index (χ1n) is 9.95. The largest absolute Gasteiger partial charge is 0.493 e. The fourth-order valence-corrected chi connectivity index (χ4v) is 4.46. The molecule has 2 fully saturated rings. The standard InChI is InChI=1S/C21H32N2O4/c1-4-23-16-21(11-9-19(23)24)10-6-12-22(15-21)13-14-27-20-17(25-2)7-5-8-18(20)26-3/h5,7-8H,4,6,9-16H2,1-3H3/t21-/m1/s1. The molecule has 0 unspecified atom stereocenters. The third kappa shape index (κ3) is 4.49. The molecule has 2 aliphatic heterocycles. The highest BCUT2D eigenvalue weighted by Crippen LogP contribution is 2.39. The van der Waals surface area contributed by atoms with Crippen molar-refractivity contribution in [3.8, 4) is 17.2 Å². The molecule has 150 valence electrons. The van der Waals surface area contributed by atoms with Crippen molar-refractivity contribution in [3.63, 3.8) is 0 Å². The molecule has 0 aliphatic carbocycles. The predicted octanol–water partition coefficient (Wildman–Crippen LogP) is 2.81. The summed E-state index contributed by atoms with van der Waals surface area (Å²) in [5, 5.41) is 0. The first-order valence-corrected chi connectivity index (χ1v) is 9.95. The molecule has 2 saturated heterocycles. The van der Waals surface area contributed by atoms with Crippen molar-refractivity contribution in [3.05, 3.63) is 18.2 Å². The van der Waals surface area contributed by atoms with Gasteiger partial charge in [-0.3, -0.25) is 9.69 Å². The molecule has 2 aliphatic rings. The fourth-order valence-electron chi connectivity index (χ4n) is 4.46. The van der Waals surface area contributed by atoms with Gasteiger partial charge in [0.05, 0.1) is 14.2 Å². The maximum absolute atomic E-state index is 12.1. The number of likely N-dealkylation sites (tertiary alicyclic amines) is 2. The van der Waals surface area contributed by atoms with Gasteiger partial charge in [0.15, 0.2) is 11.5 Å². The summed E-state index contributed by atoms with van der Waals surface area (Å²) in [6.07, 6.45) is 4.11. The highest BCUT2D eigenvalue weighted by molar-refractivity contribution is 5.77. The van der Waals surface area contributed by atoms with Crippen LogP contribution in [-0.2, 0) is 4.79 Å². The molecule has 2 heterocycles. The van der Waals surface area contributed by atoms with Crippen molar-refractivity contribution < 1.29 is 19.0 Å². The Kier molecular flexibility index (Phi) is 6.47. The molecule has 3 rings (SSSR count). The van der Waals surface area contributed by atoms with E-state index >= 15 is 0 Å². The van der Waals surface area contributed by atoms with Gasteiger partial charge in [-0.05, 0) is 44.9 Å². The van der Waals surface area contributed by atoms with Gasteiger partial charge in [0.1, 0.15) is 6.61 Å². The number of para-hydroxylation sites is 1. The van der Waals surface area contributed by atoms with Crippen LogP contribution in [-0.4, -0.2) is 69.3 Å². The van der Waals surface area contributed by atoms with E-state index in [1.165, 1.54) is 12.8 Å². The van der Waals surface area contributed by atoms with Crippen molar-refractivity contribution in [2.24, 2.45) is 5.41 Å². The Morgan fingerprint density at radius 3 is 2.52 bits per heavy atom. The number of amides is 1. The van der Waals surface area contributed by atoms with Crippen LogP contribution in [0.4, 0.5) is 0 Å². The summed E-state index contributed by atoms with van der Waals surface area (Å²) in [4.78, 5) is 16.6. The molecule has 0 aromatic heterocycles. The number of methoxy groups -OCH3 is 2. The molecule has 0 N–H and O–H groups in total. The van der Waals surface area contributed by atoms with Gasteiger partial charge in [0, 0.05) is 38.0 Å². The second-order valence-electron chi connectivity index (χ2n) is 7.63. The van der Waals surface area contributed by atoms with Crippen LogP contribution in [0.2, 0.25) is 0 Å². The molecule has 1 spiro atoms. The van der Waals surface area contributed by atoms with Crippen LogP contribution >= 0.6 is 0 Å². The Morgan fingerprint density at radius 2 is 1.85 bits per heavy atom. The molecule has 1 aromatic rings. The summed E-state index contributed by atoms with van der Waals surface area (Å²) in [5.41, 5.74) is 0.254. The van der Waals surface area contributed by atoms with Crippen LogP contribution in [0, 0.1) is 5.41 Å². The predicted molar refractivity (Wildman–Crippen MR) is 105 cm³/mol. The normalized spacial score (nSPS) is 23.5. The maximum Gasteiger partial charge on any atom is 0.222 e. The quantitative estimate of drug-likeness (QED) is 0.732. The van der Waals surface area contributed by atoms with Gasteiger partial charge in [-0.1, -0.05) is 6.07 Å². The van der Waals surface area contributed by atoms with E-state index in [0.717, 1.165) is 39.1 Å².